The number of alkyl halides is 3. The van der Waals surface area contributed by atoms with Gasteiger partial charge in [0.25, 0.3) is 0 Å². The Morgan fingerprint density at radius 2 is 1.94 bits per heavy atom. The fourth-order valence-electron chi connectivity index (χ4n) is 1.28. The second-order valence-corrected chi connectivity index (χ2v) is 3.48. The molecule has 5 heteroatoms. The van der Waals surface area contributed by atoms with E-state index in [1.807, 2.05) is 0 Å². The van der Waals surface area contributed by atoms with Gasteiger partial charge in [-0.1, -0.05) is 12.6 Å². The number of hydrogen-bond donors (Lipinski definition) is 1. The molecule has 0 aliphatic rings. The highest BCUT2D eigenvalue weighted by Gasteiger charge is 2.35. The van der Waals surface area contributed by atoms with Crippen LogP contribution >= 0.6 is 0 Å². The van der Waals surface area contributed by atoms with E-state index in [0.717, 1.165) is 12.1 Å². The van der Waals surface area contributed by atoms with Crippen molar-refractivity contribution in [3.8, 4) is 0 Å². The largest absolute Gasteiger partial charge is 0.416 e. The summed E-state index contributed by atoms with van der Waals surface area (Å²) in [6, 6.07) is 2.15. The fraction of sp³-hybridized carbons (Fsp3) is 0.273. The van der Waals surface area contributed by atoms with Gasteiger partial charge in [0, 0.05) is 0 Å². The molecule has 1 aromatic carbocycles. The van der Waals surface area contributed by atoms with Crippen LogP contribution < -0.4 is 0 Å². The van der Waals surface area contributed by atoms with Gasteiger partial charge in [-0.25, -0.2) is 4.39 Å². The second kappa shape index (κ2) is 4.25. The van der Waals surface area contributed by atoms with E-state index in [1.165, 1.54) is 6.92 Å². The molecule has 0 spiro atoms. The van der Waals surface area contributed by atoms with Crippen LogP contribution in [0.4, 0.5) is 17.6 Å². The lowest BCUT2D eigenvalue weighted by Gasteiger charge is -2.17. The summed E-state index contributed by atoms with van der Waals surface area (Å²) in [5, 5.41) is 9.51. The quantitative estimate of drug-likeness (QED) is 0.613. The van der Waals surface area contributed by atoms with E-state index < -0.39 is 23.7 Å². The lowest BCUT2D eigenvalue weighted by molar-refractivity contribution is -0.139. The van der Waals surface area contributed by atoms with Crippen LogP contribution in [0.15, 0.2) is 30.4 Å². The molecule has 1 aromatic rings. The Labute approximate surface area is 90.0 Å². The molecule has 0 heterocycles. The highest BCUT2D eigenvalue weighted by atomic mass is 19.4. The first-order valence-electron chi connectivity index (χ1n) is 4.43. The third-order valence-electron chi connectivity index (χ3n) is 2.08. The van der Waals surface area contributed by atoms with Crippen LogP contribution in [0, 0.1) is 5.82 Å². The number of hydrogen-bond acceptors (Lipinski definition) is 1. The molecule has 0 fully saturated rings. The molecule has 1 N–H and O–H groups in total. The number of halogens is 4. The van der Waals surface area contributed by atoms with Gasteiger partial charge >= 0.3 is 6.18 Å². The first-order chi connectivity index (χ1) is 7.23. The first-order valence-corrected chi connectivity index (χ1v) is 4.43. The van der Waals surface area contributed by atoms with Crippen LogP contribution in [0.3, 0.4) is 0 Å². The number of aliphatic hydroxyl groups excluding tert-OH is 1. The van der Waals surface area contributed by atoms with Gasteiger partial charge in [-0.2, -0.15) is 13.2 Å². The first kappa shape index (κ1) is 12.7. The summed E-state index contributed by atoms with van der Waals surface area (Å²) < 4.78 is 50.4. The molecule has 16 heavy (non-hydrogen) atoms. The summed E-state index contributed by atoms with van der Waals surface area (Å²) in [5.74, 6) is -0.995. The van der Waals surface area contributed by atoms with Crippen molar-refractivity contribution < 1.29 is 22.7 Å². The van der Waals surface area contributed by atoms with Crippen LogP contribution in [-0.2, 0) is 6.18 Å². The molecule has 0 radical (unpaired) electrons. The van der Waals surface area contributed by atoms with Crippen LogP contribution in [0.2, 0.25) is 0 Å². The summed E-state index contributed by atoms with van der Waals surface area (Å²) in [4.78, 5) is 0. The van der Waals surface area contributed by atoms with Gasteiger partial charge < -0.3 is 5.11 Å². The Hall–Kier alpha value is -1.36. The number of benzene rings is 1. The summed E-state index contributed by atoms with van der Waals surface area (Å²) >= 11 is 0. The minimum Gasteiger partial charge on any atom is -0.384 e. The van der Waals surface area contributed by atoms with E-state index in [1.54, 1.807) is 0 Å². The minimum absolute atomic E-state index is 0.164. The van der Waals surface area contributed by atoms with E-state index >= 15 is 0 Å². The van der Waals surface area contributed by atoms with Crippen molar-refractivity contribution in [3.05, 3.63) is 47.3 Å². The third-order valence-corrected chi connectivity index (χ3v) is 2.08. The van der Waals surface area contributed by atoms with Crippen molar-refractivity contribution in [2.24, 2.45) is 0 Å². The molecule has 1 nitrogen and oxygen atoms in total. The van der Waals surface area contributed by atoms with Crippen LogP contribution in [0.5, 0.6) is 0 Å². The molecule has 0 bridgehead atoms. The molecule has 0 aliphatic carbocycles. The smallest absolute Gasteiger partial charge is 0.384 e. The molecule has 0 saturated carbocycles. The van der Waals surface area contributed by atoms with E-state index in [4.69, 9.17) is 0 Å². The van der Waals surface area contributed by atoms with Crippen molar-refractivity contribution in [1.82, 2.24) is 0 Å². The van der Waals surface area contributed by atoms with Crippen molar-refractivity contribution in [1.29, 1.82) is 0 Å². The molecule has 1 rings (SSSR count). The maximum absolute atomic E-state index is 12.7. The number of rotatable bonds is 2. The van der Waals surface area contributed by atoms with Crippen LogP contribution in [0.25, 0.3) is 0 Å². The maximum Gasteiger partial charge on any atom is 0.416 e. The van der Waals surface area contributed by atoms with E-state index in [0.29, 0.717) is 6.07 Å². The highest BCUT2D eigenvalue weighted by molar-refractivity contribution is 5.35. The summed E-state index contributed by atoms with van der Waals surface area (Å²) in [6.45, 7) is 4.76. The van der Waals surface area contributed by atoms with Crippen LogP contribution in [-0.4, -0.2) is 5.11 Å². The average molecular weight is 234 g/mol. The third kappa shape index (κ3) is 2.61. The molecule has 0 saturated heterocycles. The average Bonchev–Trinajstić information content (AvgIpc) is 2.15. The van der Waals surface area contributed by atoms with E-state index in [-0.39, 0.29) is 11.1 Å². The minimum atomic E-state index is -4.70. The highest BCUT2D eigenvalue weighted by Crippen LogP contribution is 2.36. The summed E-state index contributed by atoms with van der Waals surface area (Å²) in [7, 11) is 0. The van der Waals surface area contributed by atoms with E-state index in [2.05, 4.69) is 6.58 Å². The zero-order valence-electron chi connectivity index (χ0n) is 8.48. The second-order valence-electron chi connectivity index (χ2n) is 3.48. The Morgan fingerprint density at radius 3 is 2.38 bits per heavy atom. The predicted octanol–water partition coefficient (Wildman–Crippen LogP) is 3.45. The standard InChI is InChI=1S/C11H10F4O/c1-6(2)10(16)8-4-3-7(12)5-9(8)11(13,14)15/h3-5,10,16H,1H2,2H3. The topological polar surface area (TPSA) is 20.2 Å². The number of aliphatic hydroxyl groups is 1. The van der Waals surface area contributed by atoms with Crippen molar-refractivity contribution in [2.45, 2.75) is 19.2 Å². The Bertz CT molecular complexity index is 409. The zero-order valence-corrected chi connectivity index (χ0v) is 8.48. The van der Waals surface area contributed by atoms with Gasteiger partial charge in [-0.15, -0.1) is 0 Å². The lowest BCUT2D eigenvalue weighted by Crippen LogP contribution is -2.13. The van der Waals surface area contributed by atoms with Crippen molar-refractivity contribution in [2.75, 3.05) is 0 Å². The molecule has 88 valence electrons. The van der Waals surface area contributed by atoms with Gasteiger partial charge in [0.1, 0.15) is 11.9 Å². The van der Waals surface area contributed by atoms with Gasteiger partial charge in [0.05, 0.1) is 5.56 Å². The van der Waals surface area contributed by atoms with Gasteiger partial charge in [-0.3, -0.25) is 0 Å². The normalized spacial score (nSPS) is 13.6. The molecule has 0 aliphatic heterocycles. The molecule has 1 unspecified atom stereocenters. The van der Waals surface area contributed by atoms with Gasteiger partial charge in [0.15, 0.2) is 0 Å². The predicted molar refractivity (Wildman–Crippen MR) is 51.2 cm³/mol. The Kier molecular flexibility index (Phi) is 3.38. The molecule has 0 aromatic heterocycles. The molecule has 1 atom stereocenters. The molecular formula is C11H10F4O. The zero-order chi connectivity index (χ0) is 12.5. The molecule has 0 amide bonds. The monoisotopic (exact) mass is 234 g/mol. The van der Waals surface area contributed by atoms with E-state index in [9.17, 15) is 22.7 Å². The lowest BCUT2D eigenvalue weighted by atomic mass is 9.98. The van der Waals surface area contributed by atoms with Gasteiger partial charge in [0.2, 0.25) is 0 Å². The maximum atomic E-state index is 12.7. The van der Waals surface area contributed by atoms with Crippen molar-refractivity contribution in [3.63, 3.8) is 0 Å². The molecular weight excluding hydrogens is 224 g/mol. The SMILES string of the molecule is C=C(C)C(O)c1ccc(F)cc1C(F)(F)F. The summed E-state index contributed by atoms with van der Waals surface area (Å²) in [5.41, 5.74) is -1.40. The van der Waals surface area contributed by atoms with Gasteiger partial charge in [-0.05, 0) is 30.2 Å². The summed E-state index contributed by atoms with van der Waals surface area (Å²) in [6.07, 6.45) is -6.15. The Balaban J connectivity index is 3.34. The Morgan fingerprint density at radius 1 is 1.38 bits per heavy atom. The van der Waals surface area contributed by atoms with Crippen LogP contribution in [0.1, 0.15) is 24.2 Å². The van der Waals surface area contributed by atoms with Crippen molar-refractivity contribution >= 4 is 0 Å². The fourth-order valence-corrected chi connectivity index (χ4v) is 1.28.